The first-order valence-electron chi connectivity index (χ1n) is 7.29. The predicted octanol–water partition coefficient (Wildman–Crippen LogP) is 2.15. The van der Waals surface area contributed by atoms with Crippen molar-refractivity contribution in [2.75, 3.05) is 6.54 Å². The van der Waals surface area contributed by atoms with E-state index in [1.807, 2.05) is 5.38 Å². The van der Waals surface area contributed by atoms with Gasteiger partial charge < -0.3 is 0 Å². The average Bonchev–Trinajstić information content (AvgIpc) is 3.07. The number of hydrogen-bond donors (Lipinski definition) is 2. The maximum Gasteiger partial charge on any atom is 0.294 e. The van der Waals surface area contributed by atoms with E-state index >= 15 is 0 Å². The number of amides is 1. The van der Waals surface area contributed by atoms with E-state index in [9.17, 15) is 4.79 Å². The van der Waals surface area contributed by atoms with Crippen LogP contribution in [-0.4, -0.2) is 28.4 Å². The molecule has 3 N–H and O–H groups in total. The molecule has 1 amide bonds. The number of hydrazine groups is 1. The number of nitrogens with one attached hydrogen (secondary N) is 1. The molecule has 1 saturated carbocycles. The summed E-state index contributed by atoms with van der Waals surface area (Å²) in [6.45, 7) is 6.41. The summed E-state index contributed by atoms with van der Waals surface area (Å²) in [6.07, 6.45) is 5.23. The van der Waals surface area contributed by atoms with Crippen molar-refractivity contribution in [3.8, 4) is 0 Å². The highest BCUT2D eigenvalue weighted by Crippen LogP contribution is 2.26. The second kappa shape index (κ2) is 7.15. The second-order valence-electron chi connectivity index (χ2n) is 5.88. The summed E-state index contributed by atoms with van der Waals surface area (Å²) >= 11 is 1.36. The van der Waals surface area contributed by atoms with E-state index in [0.29, 0.717) is 17.0 Å². The lowest BCUT2D eigenvalue weighted by atomic mass is 10.1. The molecule has 20 heavy (non-hydrogen) atoms. The third-order valence-electron chi connectivity index (χ3n) is 3.68. The number of hydrogen-bond acceptors (Lipinski definition) is 5. The highest BCUT2D eigenvalue weighted by atomic mass is 32.1. The molecule has 1 heterocycles. The van der Waals surface area contributed by atoms with Crippen molar-refractivity contribution in [1.82, 2.24) is 15.3 Å². The largest absolute Gasteiger partial charge is 0.294 e. The fraction of sp³-hybridized carbons (Fsp3) is 0.714. The van der Waals surface area contributed by atoms with E-state index in [1.54, 1.807) is 0 Å². The van der Waals surface area contributed by atoms with Crippen molar-refractivity contribution in [3.05, 3.63) is 16.1 Å². The molecule has 0 radical (unpaired) electrons. The standard InChI is InChI=1S/C14H24N4OS/c1-10(2)7-18(12-5-3-4-6-12)8-11-9-20-14(16-11)13(19)17-15/h9-10,12H,3-8,15H2,1-2H3,(H,17,19). The van der Waals surface area contributed by atoms with Crippen molar-refractivity contribution < 1.29 is 4.79 Å². The van der Waals surface area contributed by atoms with E-state index in [-0.39, 0.29) is 5.91 Å². The molecule has 1 aromatic heterocycles. The van der Waals surface area contributed by atoms with Gasteiger partial charge in [-0.3, -0.25) is 15.1 Å². The van der Waals surface area contributed by atoms with Crippen LogP contribution in [0.1, 0.15) is 55.0 Å². The zero-order chi connectivity index (χ0) is 14.5. The number of nitrogens with zero attached hydrogens (tertiary/aromatic N) is 2. The van der Waals surface area contributed by atoms with Crippen molar-refractivity contribution in [1.29, 1.82) is 0 Å². The first kappa shape index (κ1) is 15.4. The maximum absolute atomic E-state index is 11.4. The van der Waals surface area contributed by atoms with Gasteiger partial charge in [0.25, 0.3) is 5.91 Å². The summed E-state index contributed by atoms with van der Waals surface area (Å²) < 4.78 is 0. The summed E-state index contributed by atoms with van der Waals surface area (Å²) in [5.74, 6) is 5.47. The Balaban J connectivity index is 2.02. The first-order valence-corrected chi connectivity index (χ1v) is 8.17. The Morgan fingerprint density at radius 2 is 2.25 bits per heavy atom. The molecule has 2 rings (SSSR count). The molecule has 1 aromatic rings. The number of nitrogens with two attached hydrogens (primary N) is 1. The van der Waals surface area contributed by atoms with Crippen molar-refractivity contribution >= 4 is 17.2 Å². The van der Waals surface area contributed by atoms with Crippen LogP contribution in [0.2, 0.25) is 0 Å². The van der Waals surface area contributed by atoms with Gasteiger partial charge in [0.15, 0.2) is 5.01 Å². The lowest BCUT2D eigenvalue weighted by molar-refractivity contribution is 0.0952. The van der Waals surface area contributed by atoms with E-state index < -0.39 is 0 Å². The van der Waals surface area contributed by atoms with E-state index in [4.69, 9.17) is 5.84 Å². The Kier molecular flexibility index (Phi) is 5.51. The molecule has 5 nitrogen and oxygen atoms in total. The molecule has 0 saturated heterocycles. The van der Waals surface area contributed by atoms with Gasteiger partial charge in [-0.1, -0.05) is 26.7 Å². The van der Waals surface area contributed by atoms with Gasteiger partial charge in [-0.25, -0.2) is 10.8 Å². The lowest BCUT2D eigenvalue weighted by Crippen LogP contribution is -2.36. The molecule has 0 unspecified atom stereocenters. The van der Waals surface area contributed by atoms with Crippen LogP contribution in [0.15, 0.2) is 5.38 Å². The summed E-state index contributed by atoms with van der Waals surface area (Å²) in [5, 5.41) is 2.41. The molecule has 1 aliphatic rings. The maximum atomic E-state index is 11.4. The van der Waals surface area contributed by atoms with Crippen LogP contribution in [-0.2, 0) is 6.54 Å². The smallest absolute Gasteiger partial charge is 0.294 e. The van der Waals surface area contributed by atoms with Gasteiger partial charge in [0.2, 0.25) is 0 Å². The van der Waals surface area contributed by atoms with E-state index in [0.717, 1.165) is 18.8 Å². The van der Waals surface area contributed by atoms with Gasteiger partial charge in [-0.05, 0) is 18.8 Å². The summed E-state index contributed by atoms with van der Waals surface area (Å²) in [6, 6.07) is 0.672. The van der Waals surface area contributed by atoms with Crippen LogP contribution in [0.4, 0.5) is 0 Å². The Labute approximate surface area is 124 Å². The van der Waals surface area contributed by atoms with Crippen LogP contribution in [0.5, 0.6) is 0 Å². The molecular formula is C14H24N4OS. The zero-order valence-electron chi connectivity index (χ0n) is 12.3. The number of thiazole rings is 1. The Hall–Kier alpha value is -0.980. The normalized spacial score (nSPS) is 16.2. The van der Waals surface area contributed by atoms with Crippen molar-refractivity contribution in [2.24, 2.45) is 11.8 Å². The molecule has 1 fully saturated rings. The minimum Gasteiger partial charge on any atom is -0.294 e. The van der Waals surface area contributed by atoms with Gasteiger partial charge >= 0.3 is 0 Å². The van der Waals surface area contributed by atoms with E-state index in [1.165, 1.54) is 37.0 Å². The Morgan fingerprint density at radius 1 is 1.55 bits per heavy atom. The van der Waals surface area contributed by atoms with E-state index in [2.05, 4.69) is 29.2 Å². The van der Waals surface area contributed by atoms with Gasteiger partial charge in [-0.15, -0.1) is 11.3 Å². The number of carbonyl (C=O) groups is 1. The lowest BCUT2D eigenvalue weighted by Gasteiger charge is -2.29. The zero-order valence-corrected chi connectivity index (χ0v) is 13.1. The molecule has 0 aromatic carbocycles. The molecule has 0 spiro atoms. The number of nitrogen functional groups attached to an aromatic ring is 1. The van der Waals surface area contributed by atoms with Crippen molar-refractivity contribution in [2.45, 2.75) is 52.1 Å². The molecule has 0 bridgehead atoms. The summed E-state index contributed by atoms with van der Waals surface area (Å²) in [4.78, 5) is 18.4. The molecule has 1 aliphatic carbocycles. The fourth-order valence-corrected chi connectivity index (χ4v) is 3.55. The highest BCUT2D eigenvalue weighted by molar-refractivity contribution is 7.11. The third kappa shape index (κ3) is 4.01. The van der Waals surface area contributed by atoms with Crippen molar-refractivity contribution in [3.63, 3.8) is 0 Å². The third-order valence-corrected chi connectivity index (χ3v) is 4.57. The SMILES string of the molecule is CC(C)CN(Cc1csc(C(=O)NN)n1)C1CCCC1. The van der Waals surface area contributed by atoms with Crippen LogP contribution < -0.4 is 11.3 Å². The Bertz CT molecular complexity index is 440. The van der Waals surface area contributed by atoms with Gasteiger partial charge in [0, 0.05) is 24.5 Å². The van der Waals surface area contributed by atoms with Crippen LogP contribution in [0, 0.1) is 5.92 Å². The number of carbonyl (C=O) groups excluding carboxylic acids is 1. The monoisotopic (exact) mass is 296 g/mol. The summed E-state index contributed by atoms with van der Waals surface area (Å²) in [5.41, 5.74) is 3.10. The van der Waals surface area contributed by atoms with Gasteiger partial charge in [0.1, 0.15) is 0 Å². The minimum atomic E-state index is -0.308. The van der Waals surface area contributed by atoms with Crippen LogP contribution in [0.25, 0.3) is 0 Å². The number of rotatable bonds is 6. The first-order chi connectivity index (χ1) is 9.60. The van der Waals surface area contributed by atoms with Gasteiger partial charge in [-0.2, -0.15) is 0 Å². The van der Waals surface area contributed by atoms with Crippen LogP contribution >= 0.6 is 11.3 Å². The van der Waals surface area contributed by atoms with Crippen LogP contribution in [0.3, 0.4) is 0 Å². The topological polar surface area (TPSA) is 71.2 Å². The predicted molar refractivity (Wildman–Crippen MR) is 81.3 cm³/mol. The Morgan fingerprint density at radius 3 is 2.85 bits per heavy atom. The van der Waals surface area contributed by atoms with Gasteiger partial charge in [0.05, 0.1) is 5.69 Å². The molecule has 112 valence electrons. The minimum absolute atomic E-state index is 0.308. The molecule has 0 aliphatic heterocycles. The second-order valence-corrected chi connectivity index (χ2v) is 6.74. The average molecular weight is 296 g/mol. The number of aromatic nitrogens is 1. The highest BCUT2D eigenvalue weighted by Gasteiger charge is 2.24. The quantitative estimate of drug-likeness (QED) is 0.479. The fourth-order valence-electron chi connectivity index (χ4n) is 2.83. The molecular weight excluding hydrogens is 272 g/mol. The molecule has 0 atom stereocenters. The summed E-state index contributed by atoms with van der Waals surface area (Å²) in [7, 11) is 0. The molecule has 6 heteroatoms.